The van der Waals surface area contributed by atoms with E-state index in [1.54, 1.807) is 13.0 Å². The van der Waals surface area contributed by atoms with Crippen LogP contribution in [0.2, 0.25) is 0 Å². The summed E-state index contributed by atoms with van der Waals surface area (Å²) >= 11 is 0. The zero-order chi connectivity index (χ0) is 17.5. The number of hydrogen-bond acceptors (Lipinski definition) is 2. The van der Waals surface area contributed by atoms with Crippen LogP contribution in [0.5, 0.6) is 0 Å². The lowest BCUT2D eigenvalue weighted by molar-refractivity contribution is -0.153. The highest BCUT2D eigenvalue weighted by molar-refractivity contribution is 5.75. The summed E-state index contributed by atoms with van der Waals surface area (Å²) in [4.78, 5) is 11.9. The Morgan fingerprint density at radius 2 is 2.13 bits per heavy atom. The molecule has 0 amide bonds. The Balaban J connectivity index is 2.33. The lowest BCUT2D eigenvalue weighted by Crippen LogP contribution is -2.47. The molecule has 3 heteroatoms. The predicted molar refractivity (Wildman–Crippen MR) is 93.1 cm³/mol. The highest BCUT2D eigenvalue weighted by Gasteiger charge is 2.52. The van der Waals surface area contributed by atoms with Crippen molar-refractivity contribution < 1.29 is 15.0 Å². The maximum absolute atomic E-state index is 11.9. The molecular formula is C20H32O3. The molecule has 2 N–H and O–H groups in total. The number of rotatable bonds is 5. The molecule has 0 unspecified atom stereocenters. The maximum atomic E-state index is 11.9. The van der Waals surface area contributed by atoms with E-state index in [-0.39, 0.29) is 11.3 Å². The van der Waals surface area contributed by atoms with Crippen LogP contribution in [0.1, 0.15) is 66.2 Å². The predicted octanol–water partition coefficient (Wildman–Crippen LogP) is 4.57. The minimum absolute atomic E-state index is 0.0347. The Morgan fingerprint density at radius 3 is 2.70 bits per heavy atom. The molecule has 0 spiro atoms. The second-order valence-electron chi connectivity index (χ2n) is 8.43. The Labute approximate surface area is 140 Å². The molecule has 0 aromatic rings. The van der Waals surface area contributed by atoms with Gasteiger partial charge < -0.3 is 10.2 Å². The van der Waals surface area contributed by atoms with E-state index >= 15 is 0 Å². The molecule has 0 aromatic carbocycles. The summed E-state index contributed by atoms with van der Waals surface area (Å²) in [5, 5.41) is 20.1. The first-order valence-electron chi connectivity index (χ1n) is 8.87. The second-order valence-corrected chi connectivity index (χ2v) is 8.43. The quantitative estimate of drug-likeness (QED) is 0.730. The van der Waals surface area contributed by atoms with E-state index in [2.05, 4.69) is 26.5 Å². The van der Waals surface area contributed by atoms with E-state index in [0.29, 0.717) is 12.3 Å². The number of aliphatic hydroxyl groups is 1. The van der Waals surface area contributed by atoms with Gasteiger partial charge in [-0.15, -0.1) is 6.58 Å². The first-order chi connectivity index (χ1) is 10.6. The smallest absolute Gasteiger partial charge is 0.309 e. The van der Waals surface area contributed by atoms with Crippen LogP contribution in [0.25, 0.3) is 0 Å². The summed E-state index contributed by atoms with van der Waals surface area (Å²) in [7, 11) is 0. The van der Waals surface area contributed by atoms with E-state index < -0.39 is 17.0 Å². The number of carboxylic acids is 1. The van der Waals surface area contributed by atoms with Crippen LogP contribution in [-0.2, 0) is 4.79 Å². The number of aliphatic carboxylic acids is 1. The standard InChI is InChI=1S/C20H32O3/c1-6-18(3,23)12-13-19(4)14(2)9-10-16-15(19)8-7-11-20(16,5)17(21)22/h6,8,14,16,23H,1,7,9-13H2,2-5H3,(H,21,22)/t14-,16+,18+,19+,20+/m0/s1. The molecule has 2 aliphatic carbocycles. The van der Waals surface area contributed by atoms with Gasteiger partial charge in [-0.25, -0.2) is 0 Å². The van der Waals surface area contributed by atoms with Gasteiger partial charge in [-0.1, -0.05) is 31.6 Å². The lowest BCUT2D eigenvalue weighted by atomic mass is 9.51. The number of fused-ring (bicyclic) bond motifs is 1. The van der Waals surface area contributed by atoms with E-state index in [1.807, 2.05) is 6.92 Å². The topological polar surface area (TPSA) is 57.5 Å². The molecule has 0 aliphatic heterocycles. The minimum Gasteiger partial charge on any atom is -0.481 e. The molecule has 3 nitrogen and oxygen atoms in total. The second kappa shape index (κ2) is 6.08. The fraction of sp³-hybridized carbons (Fsp3) is 0.750. The molecule has 0 radical (unpaired) electrons. The Kier molecular flexibility index (Phi) is 4.83. The lowest BCUT2D eigenvalue weighted by Gasteiger charge is -2.53. The van der Waals surface area contributed by atoms with Crippen LogP contribution in [0, 0.1) is 22.7 Å². The van der Waals surface area contributed by atoms with Gasteiger partial charge in [-0.3, -0.25) is 4.79 Å². The van der Waals surface area contributed by atoms with E-state index in [4.69, 9.17) is 0 Å². The number of carboxylic acid groups (broad SMARTS) is 1. The summed E-state index contributed by atoms with van der Waals surface area (Å²) in [5.41, 5.74) is -0.215. The Morgan fingerprint density at radius 1 is 1.48 bits per heavy atom. The highest BCUT2D eigenvalue weighted by Crippen LogP contribution is 2.58. The van der Waals surface area contributed by atoms with Crippen LogP contribution >= 0.6 is 0 Å². The normalized spacial score (nSPS) is 39.8. The maximum Gasteiger partial charge on any atom is 0.309 e. The zero-order valence-corrected chi connectivity index (χ0v) is 15.1. The van der Waals surface area contributed by atoms with Crippen molar-refractivity contribution in [3.63, 3.8) is 0 Å². The van der Waals surface area contributed by atoms with E-state index in [1.165, 1.54) is 5.57 Å². The van der Waals surface area contributed by atoms with Gasteiger partial charge in [0.15, 0.2) is 0 Å². The van der Waals surface area contributed by atoms with Crippen molar-refractivity contribution in [1.29, 1.82) is 0 Å². The Bertz CT molecular complexity index is 519. The summed E-state index contributed by atoms with van der Waals surface area (Å²) in [6.07, 6.45) is 9.02. The third-order valence-corrected chi connectivity index (χ3v) is 6.89. The largest absolute Gasteiger partial charge is 0.481 e. The number of carbonyl (C=O) groups is 1. The molecule has 1 fully saturated rings. The van der Waals surface area contributed by atoms with Crippen molar-refractivity contribution in [1.82, 2.24) is 0 Å². The molecule has 0 aromatic heterocycles. The summed E-state index contributed by atoms with van der Waals surface area (Å²) in [6.45, 7) is 12.0. The number of allylic oxidation sites excluding steroid dienone is 2. The van der Waals surface area contributed by atoms with Crippen molar-refractivity contribution >= 4 is 5.97 Å². The fourth-order valence-corrected chi connectivity index (χ4v) is 4.57. The van der Waals surface area contributed by atoms with Crippen molar-refractivity contribution in [2.45, 2.75) is 71.8 Å². The van der Waals surface area contributed by atoms with E-state index in [9.17, 15) is 15.0 Å². The monoisotopic (exact) mass is 320 g/mol. The van der Waals surface area contributed by atoms with Gasteiger partial charge in [0.2, 0.25) is 0 Å². The molecule has 0 heterocycles. The van der Waals surface area contributed by atoms with Gasteiger partial charge in [-0.2, -0.15) is 0 Å². The zero-order valence-electron chi connectivity index (χ0n) is 15.1. The van der Waals surface area contributed by atoms with Crippen molar-refractivity contribution in [2.24, 2.45) is 22.7 Å². The van der Waals surface area contributed by atoms with Crippen molar-refractivity contribution in [3.8, 4) is 0 Å². The van der Waals surface area contributed by atoms with Crippen molar-refractivity contribution in [3.05, 3.63) is 24.3 Å². The van der Waals surface area contributed by atoms with Crippen LogP contribution < -0.4 is 0 Å². The van der Waals surface area contributed by atoms with Crippen LogP contribution in [0.3, 0.4) is 0 Å². The SMILES string of the molecule is C=C[C@@](C)(O)CC[C@@]1(C)C2=CCC[C@@](C)(C(=O)O)[C@@H]2CC[C@@H]1C. The average molecular weight is 320 g/mol. The van der Waals surface area contributed by atoms with Gasteiger partial charge in [0.1, 0.15) is 0 Å². The molecule has 0 bridgehead atoms. The van der Waals surface area contributed by atoms with Gasteiger partial charge in [0.25, 0.3) is 0 Å². The highest BCUT2D eigenvalue weighted by atomic mass is 16.4. The third-order valence-electron chi connectivity index (χ3n) is 6.89. The third kappa shape index (κ3) is 3.13. The molecule has 1 saturated carbocycles. The van der Waals surface area contributed by atoms with Gasteiger partial charge in [-0.05, 0) is 69.6 Å². The summed E-state index contributed by atoms with van der Waals surface area (Å²) in [5.74, 6) is -0.0338. The van der Waals surface area contributed by atoms with Gasteiger partial charge in [0, 0.05) is 0 Å². The summed E-state index contributed by atoms with van der Waals surface area (Å²) in [6, 6.07) is 0. The summed E-state index contributed by atoms with van der Waals surface area (Å²) < 4.78 is 0. The fourth-order valence-electron chi connectivity index (χ4n) is 4.57. The molecule has 5 atom stereocenters. The number of hydrogen-bond donors (Lipinski definition) is 2. The molecular weight excluding hydrogens is 288 g/mol. The van der Waals surface area contributed by atoms with Gasteiger partial charge in [0.05, 0.1) is 11.0 Å². The Hall–Kier alpha value is -1.09. The first-order valence-corrected chi connectivity index (χ1v) is 8.87. The molecule has 23 heavy (non-hydrogen) atoms. The van der Waals surface area contributed by atoms with E-state index in [0.717, 1.165) is 32.1 Å². The molecule has 130 valence electrons. The minimum atomic E-state index is -0.860. The van der Waals surface area contributed by atoms with Crippen molar-refractivity contribution in [2.75, 3.05) is 0 Å². The molecule has 0 saturated heterocycles. The van der Waals surface area contributed by atoms with Crippen LogP contribution in [-0.4, -0.2) is 21.8 Å². The van der Waals surface area contributed by atoms with Gasteiger partial charge >= 0.3 is 5.97 Å². The molecule has 2 rings (SSSR count). The van der Waals surface area contributed by atoms with Crippen LogP contribution in [0.4, 0.5) is 0 Å². The molecule has 2 aliphatic rings. The first kappa shape index (κ1) is 18.3. The average Bonchev–Trinajstić information content (AvgIpc) is 2.50. The van der Waals surface area contributed by atoms with Crippen LogP contribution in [0.15, 0.2) is 24.3 Å².